The topological polar surface area (TPSA) is 56.7 Å². The zero-order valence-corrected chi connectivity index (χ0v) is 9.80. The molecule has 0 saturated heterocycles. The summed E-state index contributed by atoms with van der Waals surface area (Å²) in [6, 6.07) is 1.87. The summed E-state index contributed by atoms with van der Waals surface area (Å²) in [4.78, 5) is 4.15. The van der Waals surface area contributed by atoms with Gasteiger partial charge in [0.2, 0.25) is 0 Å². The Morgan fingerprint density at radius 1 is 1.64 bits per heavy atom. The minimum Gasteiger partial charge on any atom is -0.380 e. The van der Waals surface area contributed by atoms with Crippen molar-refractivity contribution in [3.05, 3.63) is 15.7 Å². The first-order valence-corrected chi connectivity index (χ1v) is 5.28. The van der Waals surface area contributed by atoms with E-state index in [0.717, 1.165) is 16.5 Å². The zero-order valence-electron chi connectivity index (χ0n) is 7.46. The predicted molar refractivity (Wildman–Crippen MR) is 60.3 cm³/mol. The van der Waals surface area contributed by atoms with Gasteiger partial charge < -0.3 is 5.73 Å². The summed E-state index contributed by atoms with van der Waals surface area (Å²) in [5.74, 6) is 0.413. The van der Waals surface area contributed by atoms with E-state index >= 15 is 0 Å². The number of hydrogen-bond acceptors (Lipinski definition) is 3. The van der Waals surface area contributed by atoms with Crippen LogP contribution in [0, 0.1) is 0 Å². The molecule has 2 aromatic heterocycles. The molecule has 0 aliphatic heterocycles. The summed E-state index contributed by atoms with van der Waals surface area (Å²) in [7, 11) is 0. The summed E-state index contributed by atoms with van der Waals surface area (Å²) in [6.45, 7) is 2.75. The minimum absolute atomic E-state index is 0.403. The molecule has 14 heavy (non-hydrogen) atoms. The van der Waals surface area contributed by atoms with Crippen LogP contribution in [0.4, 0.5) is 5.82 Å². The molecule has 0 radical (unpaired) electrons. The lowest BCUT2D eigenvalue weighted by Crippen LogP contribution is -1.96. The molecule has 0 fully saturated rings. The van der Waals surface area contributed by atoms with Crippen molar-refractivity contribution in [2.75, 3.05) is 5.73 Å². The lowest BCUT2D eigenvalue weighted by Gasteiger charge is -1.98. The Morgan fingerprint density at radius 2 is 2.36 bits per heavy atom. The van der Waals surface area contributed by atoms with Gasteiger partial charge in [-0.1, -0.05) is 11.6 Å². The first-order valence-electron chi connectivity index (χ1n) is 4.11. The largest absolute Gasteiger partial charge is 0.380 e. The van der Waals surface area contributed by atoms with Gasteiger partial charge in [-0.2, -0.15) is 5.10 Å². The summed E-state index contributed by atoms with van der Waals surface area (Å²) in [6.07, 6.45) is 0. The normalized spacial score (nSPS) is 11.1. The molecule has 0 saturated carbocycles. The lowest BCUT2D eigenvalue weighted by molar-refractivity contribution is 0.687. The van der Waals surface area contributed by atoms with Crippen molar-refractivity contribution in [2.45, 2.75) is 13.5 Å². The van der Waals surface area contributed by atoms with E-state index in [4.69, 9.17) is 17.3 Å². The van der Waals surface area contributed by atoms with Crippen LogP contribution in [0.15, 0.2) is 10.5 Å². The van der Waals surface area contributed by atoms with E-state index in [1.54, 1.807) is 4.68 Å². The molecule has 0 spiro atoms. The van der Waals surface area contributed by atoms with E-state index in [9.17, 15) is 0 Å². The van der Waals surface area contributed by atoms with Gasteiger partial charge in [0.05, 0.1) is 9.99 Å². The minimum atomic E-state index is 0.403. The van der Waals surface area contributed by atoms with Crippen molar-refractivity contribution in [1.29, 1.82) is 0 Å². The van der Waals surface area contributed by atoms with Crippen LogP contribution in [0.25, 0.3) is 11.0 Å². The van der Waals surface area contributed by atoms with E-state index in [0.29, 0.717) is 16.5 Å². The zero-order chi connectivity index (χ0) is 10.3. The van der Waals surface area contributed by atoms with Crippen LogP contribution in [0.1, 0.15) is 6.92 Å². The van der Waals surface area contributed by atoms with E-state index in [2.05, 4.69) is 26.0 Å². The fraction of sp³-hybridized carbons (Fsp3) is 0.250. The SMILES string of the molecule is CCn1nc(N)c2nc(Cl)c(Br)cc21. The molecule has 6 heteroatoms. The van der Waals surface area contributed by atoms with Gasteiger partial charge in [0.15, 0.2) is 5.82 Å². The van der Waals surface area contributed by atoms with Crippen molar-refractivity contribution in [1.82, 2.24) is 14.8 Å². The fourth-order valence-corrected chi connectivity index (χ4v) is 1.76. The molecular weight excluding hydrogens is 267 g/mol. The Labute approximate surface area is 94.2 Å². The van der Waals surface area contributed by atoms with Gasteiger partial charge >= 0.3 is 0 Å². The quantitative estimate of drug-likeness (QED) is 0.813. The Kier molecular flexibility index (Phi) is 2.36. The number of halogens is 2. The molecule has 0 unspecified atom stereocenters. The second-order valence-electron chi connectivity index (χ2n) is 2.83. The van der Waals surface area contributed by atoms with Gasteiger partial charge in [0, 0.05) is 6.54 Å². The van der Waals surface area contributed by atoms with Gasteiger partial charge in [0.1, 0.15) is 10.7 Å². The highest BCUT2D eigenvalue weighted by atomic mass is 79.9. The number of aromatic nitrogens is 3. The molecule has 2 heterocycles. The van der Waals surface area contributed by atoms with Gasteiger partial charge in [-0.25, -0.2) is 4.98 Å². The average Bonchev–Trinajstić information content (AvgIpc) is 2.45. The molecule has 74 valence electrons. The van der Waals surface area contributed by atoms with Crippen LogP contribution in [0.2, 0.25) is 5.15 Å². The van der Waals surface area contributed by atoms with Crippen LogP contribution >= 0.6 is 27.5 Å². The molecule has 0 amide bonds. The van der Waals surface area contributed by atoms with Crippen molar-refractivity contribution in [3.8, 4) is 0 Å². The summed E-state index contributed by atoms with van der Waals surface area (Å²) in [5, 5.41) is 4.55. The fourth-order valence-electron chi connectivity index (χ4n) is 1.31. The maximum Gasteiger partial charge on any atom is 0.172 e. The van der Waals surface area contributed by atoms with Crippen LogP contribution in [0.3, 0.4) is 0 Å². The van der Waals surface area contributed by atoms with Gasteiger partial charge in [-0.15, -0.1) is 0 Å². The van der Waals surface area contributed by atoms with Crippen molar-refractivity contribution < 1.29 is 0 Å². The van der Waals surface area contributed by atoms with Crippen LogP contribution in [-0.4, -0.2) is 14.8 Å². The van der Waals surface area contributed by atoms with Crippen molar-refractivity contribution in [2.24, 2.45) is 0 Å². The third kappa shape index (κ3) is 1.36. The monoisotopic (exact) mass is 274 g/mol. The third-order valence-electron chi connectivity index (χ3n) is 1.96. The van der Waals surface area contributed by atoms with Gasteiger partial charge in [0.25, 0.3) is 0 Å². The van der Waals surface area contributed by atoms with Gasteiger partial charge in [-0.05, 0) is 28.9 Å². The predicted octanol–water partition coefficient (Wildman–Crippen LogP) is 2.45. The molecule has 2 rings (SSSR count). The maximum atomic E-state index is 5.86. The smallest absolute Gasteiger partial charge is 0.172 e. The van der Waals surface area contributed by atoms with E-state index in [1.165, 1.54) is 0 Å². The first kappa shape index (κ1) is 9.73. The molecule has 2 N–H and O–H groups in total. The standard InChI is InChI=1S/C8H8BrClN4/c1-2-14-5-3-4(9)7(10)12-6(5)8(11)13-14/h3H,2H2,1H3,(H2,11,13). The maximum absolute atomic E-state index is 5.86. The number of nitrogens with two attached hydrogens (primary N) is 1. The molecule has 0 atom stereocenters. The van der Waals surface area contributed by atoms with Gasteiger partial charge in [-0.3, -0.25) is 4.68 Å². The first-order chi connectivity index (χ1) is 6.63. The van der Waals surface area contributed by atoms with Crippen LogP contribution in [0.5, 0.6) is 0 Å². The number of aryl methyl sites for hydroxylation is 1. The van der Waals surface area contributed by atoms with Crippen LogP contribution in [-0.2, 0) is 6.54 Å². The molecule has 0 bridgehead atoms. The summed E-state index contributed by atoms with van der Waals surface area (Å²) in [5.41, 5.74) is 7.25. The number of hydrogen-bond donors (Lipinski definition) is 1. The number of fused-ring (bicyclic) bond motifs is 1. The molecule has 0 aromatic carbocycles. The Hall–Kier alpha value is -0.810. The number of nitrogen functional groups attached to an aromatic ring is 1. The summed E-state index contributed by atoms with van der Waals surface area (Å²) < 4.78 is 2.54. The molecule has 2 aromatic rings. The lowest BCUT2D eigenvalue weighted by atomic mass is 10.4. The van der Waals surface area contributed by atoms with Crippen LogP contribution < -0.4 is 5.73 Å². The van der Waals surface area contributed by atoms with E-state index in [-0.39, 0.29) is 0 Å². The molecular formula is C8H8BrClN4. The Balaban J connectivity index is 2.84. The third-order valence-corrected chi connectivity index (χ3v) is 3.08. The second kappa shape index (κ2) is 3.40. The molecule has 0 aliphatic rings. The van der Waals surface area contributed by atoms with E-state index in [1.807, 2.05) is 13.0 Å². The molecule has 0 aliphatic carbocycles. The van der Waals surface area contributed by atoms with Crippen molar-refractivity contribution in [3.63, 3.8) is 0 Å². The van der Waals surface area contributed by atoms with E-state index < -0.39 is 0 Å². The second-order valence-corrected chi connectivity index (χ2v) is 4.04. The Morgan fingerprint density at radius 3 is 3.00 bits per heavy atom. The number of anilines is 1. The molecule has 4 nitrogen and oxygen atoms in total. The highest BCUT2D eigenvalue weighted by Crippen LogP contribution is 2.27. The number of rotatable bonds is 1. The highest BCUT2D eigenvalue weighted by Gasteiger charge is 2.11. The number of pyridine rings is 1. The summed E-state index contributed by atoms with van der Waals surface area (Å²) >= 11 is 9.17. The van der Waals surface area contributed by atoms with Crippen molar-refractivity contribution >= 4 is 44.4 Å². The number of nitrogens with zero attached hydrogens (tertiary/aromatic N) is 3. The highest BCUT2D eigenvalue weighted by molar-refractivity contribution is 9.10. The Bertz CT molecular complexity index is 494. The average molecular weight is 276 g/mol.